The molecular formula is C13H20N4O2S2. The van der Waals surface area contributed by atoms with Gasteiger partial charge in [-0.25, -0.2) is 18.1 Å². The highest BCUT2D eigenvalue weighted by Crippen LogP contribution is 2.13. The van der Waals surface area contributed by atoms with E-state index >= 15 is 0 Å². The highest BCUT2D eigenvalue weighted by atomic mass is 32.2. The van der Waals surface area contributed by atoms with Gasteiger partial charge < -0.3 is 10.3 Å². The van der Waals surface area contributed by atoms with Crippen LogP contribution >= 0.6 is 11.3 Å². The second kappa shape index (κ2) is 6.69. The molecule has 0 aromatic carbocycles. The van der Waals surface area contributed by atoms with Crippen LogP contribution in [0.15, 0.2) is 22.5 Å². The van der Waals surface area contributed by atoms with Gasteiger partial charge in [0.1, 0.15) is 5.01 Å². The van der Waals surface area contributed by atoms with E-state index in [4.69, 9.17) is 0 Å². The highest BCUT2D eigenvalue weighted by molar-refractivity contribution is 7.89. The maximum Gasteiger partial charge on any atom is 0.242 e. The van der Waals surface area contributed by atoms with Gasteiger partial charge >= 0.3 is 0 Å². The largest absolute Gasteiger partial charge is 0.363 e. The number of thiazole rings is 1. The van der Waals surface area contributed by atoms with Crippen molar-refractivity contribution in [1.29, 1.82) is 0 Å². The third-order valence-electron chi connectivity index (χ3n) is 2.81. The van der Waals surface area contributed by atoms with Crippen molar-refractivity contribution in [3.8, 4) is 0 Å². The van der Waals surface area contributed by atoms with E-state index in [1.807, 2.05) is 26.2 Å². The molecule has 21 heavy (non-hydrogen) atoms. The number of sulfonamides is 1. The lowest BCUT2D eigenvalue weighted by Gasteiger charge is -2.05. The number of nitrogens with zero attached hydrogens (tertiary/aromatic N) is 1. The van der Waals surface area contributed by atoms with Crippen LogP contribution in [0.3, 0.4) is 0 Å². The van der Waals surface area contributed by atoms with Crippen molar-refractivity contribution in [1.82, 2.24) is 20.0 Å². The molecule has 0 radical (unpaired) electrons. The summed E-state index contributed by atoms with van der Waals surface area (Å²) >= 11 is 1.45. The van der Waals surface area contributed by atoms with E-state index in [2.05, 4.69) is 20.0 Å². The molecule has 0 aliphatic heterocycles. The molecule has 0 saturated carbocycles. The molecule has 2 aromatic heterocycles. The molecule has 0 fully saturated rings. The fourth-order valence-corrected chi connectivity index (χ4v) is 3.52. The average Bonchev–Trinajstić information content (AvgIpc) is 3.03. The van der Waals surface area contributed by atoms with Crippen LogP contribution in [-0.2, 0) is 23.1 Å². The molecule has 116 valence electrons. The van der Waals surface area contributed by atoms with E-state index in [0.29, 0.717) is 12.6 Å². The molecule has 0 bridgehead atoms. The summed E-state index contributed by atoms with van der Waals surface area (Å²) in [5.41, 5.74) is 1.74. The zero-order valence-corrected chi connectivity index (χ0v) is 13.9. The third kappa shape index (κ3) is 4.63. The van der Waals surface area contributed by atoms with Crippen LogP contribution < -0.4 is 10.0 Å². The van der Waals surface area contributed by atoms with Gasteiger partial charge in [-0.05, 0) is 13.0 Å². The first-order valence-corrected chi connectivity index (χ1v) is 9.04. The third-order valence-corrected chi connectivity index (χ3v) is 5.15. The molecule has 8 heteroatoms. The van der Waals surface area contributed by atoms with Gasteiger partial charge in [-0.3, -0.25) is 0 Å². The number of hydrogen-bond acceptors (Lipinski definition) is 5. The van der Waals surface area contributed by atoms with E-state index < -0.39 is 10.0 Å². The van der Waals surface area contributed by atoms with Crippen LogP contribution in [0.25, 0.3) is 0 Å². The number of rotatable bonds is 7. The Kier molecular flexibility index (Phi) is 5.15. The predicted molar refractivity (Wildman–Crippen MR) is 83.6 cm³/mol. The number of hydrogen-bond donors (Lipinski definition) is 3. The molecule has 0 aliphatic carbocycles. The molecule has 0 aliphatic rings. The lowest BCUT2D eigenvalue weighted by Crippen LogP contribution is -2.23. The average molecular weight is 328 g/mol. The smallest absolute Gasteiger partial charge is 0.242 e. The first-order chi connectivity index (χ1) is 9.87. The molecule has 0 saturated heterocycles. The van der Waals surface area contributed by atoms with Gasteiger partial charge in [-0.2, -0.15) is 0 Å². The quantitative estimate of drug-likeness (QED) is 0.723. The second-order valence-corrected chi connectivity index (χ2v) is 7.81. The Bertz CT molecular complexity index is 689. The lowest BCUT2D eigenvalue weighted by molar-refractivity contribution is 0.580. The fourth-order valence-electron chi connectivity index (χ4n) is 1.71. The number of aryl methyl sites for hydroxylation is 1. The minimum absolute atomic E-state index is 0.214. The van der Waals surface area contributed by atoms with Gasteiger partial charge in [-0.1, -0.05) is 13.8 Å². The molecule has 0 atom stereocenters. The molecule has 2 heterocycles. The molecule has 2 rings (SSSR count). The van der Waals surface area contributed by atoms with Crippen molar-refractivity contribution in [2.24, 2.45) is 0 Å². The van der Waals surface area contributed by atoms with Gasteiger partial charge in [0.25, 0.3) is 0 Å². The summed E-state index contributed by atoms with van der Waals surface area (Å²) in [5, 5.41) is 5.89. The van der Waals surface area contributed by atoms with Gasteiger partial charge in [0.15, 0.2) is 0 Å². The molecule has 0 amide bonds. The van der Waals surface area contributed by atoms with Crippen LogP contribution in [-0.4, -0.2) is 24.4 Å². The number of aromatic amines is 1. The van der Waals surface area contributed by atoms with Gasteiger partial charge in [0.2, 0.25) is 10.0 Å². The standard InChI is InChI=1S/C13H20N4O2S2/c1-9(2)14-5-11-4-12(6-15-11)21(18,19)16-7-13-17-10(3)8-20-13/h4,6,8-9,14-16H,5,7H2,1-3H3. The van der Waals surface area contributed by atoms with Gasteiger partial charge in [0, 0.05) is 35.6 Å². The highest BCUT2D eigenvalue weighted by Gasteiger charge is 2.16. The summed E-state index contributed by atoms with van der Waals surface area (Å²) in [7, 11) is -3.51. The Balaban J connectivity index is 1.99. The van der Waals surface area contributed by atoms with Crippen molar-refractivity contribution in [2.45, 2.75) is 44.8 Å². The van der Waals surface area contributed by atoms with Crippen LogP contribution in [0.2, 0.25) is 0 Å². The number of aromatic nitrogens is 2. The van der Waals surface area contributed by atoms with Crippen LogP contribution in [0.5, 0.6) is 0 Å². The second-order valence-electron chi connectivity index (χ2n) is 5.10. The van der Waals surface area contributed by atoms with Crippen LogP contribution in [0.1, 0.15) is 30.2 Å². The fraction of sp³-hybridized carbons (Fsp3) is 0.462. The van der Waals surface area contributed by atoms with Gasteiger partial charge in [0.05, 0.1) is 11.4 Å². The lowest BCUT2D eigenvalue weighted by atomic mass is 10.3. The molecule has 3 N–H and O–H groups in total. The van der Waals surface area contributed by atoms with Crippen molar-refractivity contribution >= 4 is 21.4 Å². The topological polar surface area (TPSA) is 86.9 Å². The Morgan fingerprint density at radius 3 is 2.76 bits per heavy atom. The molecule has 0 spiro atoms. The first kappa shape index (κ1) is 16.2. The normalized spacial score (nSPS) is 12.2. The summed E-state index contributed by atoms with van der Waals surface area (Å²) in [5.74, 6) is 0. The van der Waals surface area contributed by atoms with Crippen LogP contribution in [0, 0.1) is 6.92 Å². The zero-order chi connectivity index (χ0) is 15.5. The minimum atomic E-state index is -3.51. The minimum Gasteiger partial charge on any atom is -0.363 e. The van der Waals surface area contributed by atoms with Crippen molar-refractivity contribution in [2.75, 3.05) is 0 Å². The summed E-state index contributed by atoms with van der Waals surface area (Å²) in [4.78, 5) is 7.46. The Morgan fingerprint density at radius 2 is 2.14 bits per heavy atom. The van der Waals surface area contributed by atoms with E-state index in [9.17, 15) is 8.42 Å². The summed E-state index contributed by atoms with van der Waals surface area (Å²) in [6, 6.07) is 1.99. The molecule has 6 nitrogen and oxygen atoms in total. The van der Waals surface area contributed by atoms with Crippen molar-refractivity contribution in [3.63, 3.8) is 0 Å². The summed E-state index contributed by atoms with van der Waals surface area (Å²) < 4.78 is 26.9. The SMILES string of the molecule is Cc1csc(CNS(=O)(=O)c2c[nH]c(CNC(C)C)c2)n1. The van der Waals surface area contributed by atoms with E-state index in [0.717, 1.165) is 16.4 Å². The molecule has 2 aromatic rings. The van der Waals surface area contributed by atoms with E-state index in [1.165, 1.54) is 17.5 Å². The van der Waals surface area contributed by atoms with Crippen molar-refractivity contribution in [3.05, 3.63) is 34.0 Å². The van der Waals surface area contributed by atoms with Crippen molar-refractivity contribution < 1.29 is 8.42 Å². The predicted octanol–water partition coefficient (Wildman–Crippen LogP) is 1.76. The number of H-pyrrole nitrogens is 1. The van der Waals surface area contributed by atoms with E-state index in [1.54, 1.807) is 6.07 Å². The van der Waals surface area contributed by atoms with Crippen LogP contribution in [0.4, 0.5) is 0 Å². The molecule has 0 unspecified atom stereocenters. The monoisotopic (exact) mass is 328 g/mol. The van der Waals surface area contributed by atoms with E-state index in [-0.39, 0.29) is 11.4 Å². The first-order valence-electron chi connectivity index (χ1n) is 6.68. The Morgan fingerprint density at radius 1 is 1.38 bits per heavy atom. The molecular weight excluding hydrogens is 308 g/mol. The maximum absolute atomic E-state index is 12.2. The Hall–Kier alpha value is -1.22. The van der Waals surface area contributed by atoms with Gasteiger partial charge in [-0.15, -0.1) is 11.3 Å². The maximum atomic E-state index is 12.2. The summed E-state index contributed by atoms with van der Waals surface area (Å²) in [6.07, 6.45) is 1.51. The number of nitrogens with one attached hydrogen (secondary N) is 3. The Labute approximate surface area is 129 Å². The zero-order valence-electron chi connectivity index (χ0n) is 12.3. The summed E-state index contributed by atoms with van der Waals surface area (Å²) in [6.45, 7) is 6.79.